The van der Waals surface area contributed by atoms with Crippen LogP contribution in [0.4, 0.5) is 0 Å². The van der Waals surface area contributed by atoms with E-state index < -0.39 is 0 Å². The number of halogens is 1. The SMILES string of the molecule is Cc1nsc(SCc2ccnc(Cl)c2)n1. The highest BCUT2D eigenvalue weighted by molar-refractivity contribution is 8.00. The third-order valence-electron chi connectivity index (χ3n) is 1.66. The van der Waals surface area contributed by atoms with Gasteiger partial charge in [0.05, 0.1) is 0 Å². The van der Waals surface area contributed by atoms with Crippen LogP contribution in [0.5, 0.6) is 0 Å². The summed E-state index contributed by atoms with van der Waals surface area (Å²) in [5.41, 5.74) is 1.15. The molecule has 0 saturated heterocycles. The van der Waals surface area contributed by atoms with E-state index in [-0.39, 0.29) is 0 Å². The molecule has 0 amide bonds. The minimum absolute atomic E-state index is 0.529. The third-order valence-corrected chi connectivity index (χ3v) is 3.86. The maximum Gasteiger partial charge on any atom is 0.170 e. The topological polar surface area (TPSA) is 38.7 Å². The molecule has 15 heavy (non-hydrogen) atoms. The fraction of sp³-hybridized carbons (Fsp3) is 0.222. The van der Waals surface area contributed by atoms with Gasteiger partial charge in [-0.25, -0.2) is 9.97 Å². The van der Waals surface area contributed by atoms with Crippen LogP contribution in [0.1, 0.15) is 11.4 Å². The average Bonchev–Trinajstić information content (AvgIpc) is 2.62. The maximum absolute atomic E-state index is 5.78. The van der Waals surface area contributed by atoms with Crippen molar-refractivity contribution in [1.82, 2.24) is 14.3 Å². The molecule has 2 aromatic rings. The molecular formula is C9H8ClN3S2. The van der Waals surface area contributed by atoms with E-state index in [1.54, 1.807) is 18.0 Å². The van der Waals surface area contributed by atoms with Crippen molar-refractivity contribution in [2.45, 2.75) is 17.0 Å². The van der Waals surface area contributed by atoms with Crippen LogP contribution in [-0.2, 0) is 5.75 Å². The lowest BCUT2D eigenvalue weighted by Gasteiger charge is -1.98. The standard InChI is InChI=1S/C9H8ClN3S2/c1-6-12-9(15-13-6)14-5-7-2-3-11-8(10)4-7/h2-4H,5H2,1H3. The summed E-state index contributed by atoms with van der Waals surface area (Å²) in [4.78, 5) is 8.20. The summed E-state index contributed by atoms with van der Waals surface area (Å²) in [6.45, 7) is 1.89. The van der Waals surface area contributed by atoms with E-state index in [4.69, 9.17) is 11.6 Å². The van der Waals surface area contributed by atoms with E-state index in [9.17, 15) is 0 Å². The van der Waals surface area contributed by atoms with Crippen molar-refractivity contribution >= 4 is 34.9 Å². The fourth-order valence-corrected chi connectivity index (χ4v) is 2.80. The summed E-state index contributed by atoms with van der Waals surface area (Å²) in [7, 11) is 0. The Bertz CT molecular complexity index is 458. The van der Waals surface area contributed by atoms with Gasteiger partial charge in [-0.2, -0.15) is 4.37 Å². The van der Waals surface area contributed by atoms with Gasteiger partial charge in [0, 0.05) is 11.9 Å². The first kappa shape index (κ1) is 10.9. The zero-order valence-electron chi connectivity index (χ0n) is 7.98. The molecule has 0 aliphatic heterocycles. The number of thioether (sulfide) groups is 1. The van der Waals surface area contributed by atoms with E-state index in [1.165, 1.54) is 11.5 Å². The number of hydrogen-bond donors (Lipinski definition) is 0. The Morgan fingerprint density at radius 2 is 2.40 bits per heavy atom. The Morgan fingerprint density at radius 1 is 1.53 bits per heavy atom. The van der Waals surface area contributed by atoms with Crippen LogP contribution in [0, 0.1) is 6.92 Å². The summed E-state index contributed by atoms with van der Waals surface area (Å²) in [5.74, 6) is 1.67. The lowest BCUT2D eigenvalue weighted by atomic mass is 10.3. The predicted molar refractivity (Wildman–Crippen MR) is 63.5 cm³/mol. The molecule has 0 aromatic carbocycles. The molecular weight excluding hydrogens is 250 g/mol. The summed E-state index contributed by atoms with van der Waals surface area (Å²) in [5, 5.41) is 0.529. The van der Waals surface area contributed by atoms with Gasteiger partial charge in [-0.15, -0.1) is 0 Å². The molecule has 0 aliphatic carbocycles. The number of aryl methyl sites for hydroxylation is 1. The van der Waals surface area contributed by atoms with Crippen molar-refractivity contribution in [3.8, 4) is 0 Å². The van der Waals surface area contributed by atoms with Crippen LogP contribution < -0.4 is 0 Å². The van der Waals surface area contributed by atoms with Gasteiger partial charge >= 0.3 is 0 Å². The van der Waals surface area contributed by atoms with Crippen molar-refractivity contribution in [2.24, 2.45) is 0 Å². The third kappa shape index (κ3) is 3.15. The summed E-state index contributed by atoms with van der Waals surface area (Å²) < 4.78 is 5.10. The second-order valence-corrected chi connectivity index (χ2v) is 5.24. The summed E-state index contributed by atoms with van der Waals surface area (Å²) in [6, 6.07) is 3.81. The van der Waals surface area contributed by atoms with Crippen molar-refractivity contribution < 1.29 is 0 Å². The Morgan fingerprint density at radius 3 is 3.07 bits per heavy atom. The van der Waals surface area contributed by atoms with Crippen molar-refractivity contribution in [3.63, 3.8) is 0 Å². The average molecular weight is 258 g/mol. The van der Waals surface area contributed by atoms with Crippen molar-refractivity contribution in [2.75, 3.05) is 0 Å². The van der Waals surface area contributed by atoms with E-state index >= 15 is 0 Å². The van der Waals surface area contributed by atoms with Gasteiger partial charge in [0.15, 0.2) is 4.34 Å². The Labute approximate surface area is 101 Å². The smallest absolute Gasteiger partial charge is 0.170 e. The number of aromatic nitrogens is 3. The van der Waals surface area contributed by atoms with Crippen LogP contribution in [0.25, 0.3) is 0 Å². The quantitative estimate of drug-likeness (QED) is 0.625. The first-order valence-corrected chi connectivity index (χ1v) is 6.41. The highest BCUT2D eigenvalue weighted by Gasteiger charge is 2.02. The fourth-order valence-electron chi connectivity index (χ4n) is 1.01. The summed E-state index contributed by atoms with van der Waals surface area (Å²) >= 11 is 8.87. The van der Waals surface area contributed by atoms with Crippen LogP contribution in [-0.4, -0.2) is 14.3 Å². The maximum atomic E-state index is 5.78. The van der Waals surface area contributed by atoms with Crippen LogP contribution >= 0.6 is 34.9 Å². The van der Waals surface area contributed by atoms with Gasteiger partial charge < -0.3 is 0 Å². The molecule has 0 N–H and O–H groups in total. The molecule has 0 aliphatic rings. The monoisotopic (exact) mass is 257 g/mol. The molecule has 2 aromatic heterocycles. The van der Waals surface area contributed by atoms with Gasteiger partial charge in [-0.1, -0.05) is 23.4 Å². The lowest BCUT2D eigenvalue weighted by molar-refractivity contribution is 1.10. The molecule has 0 radical (unpaired) electrons. The zero-order chi connectivity index (χ0) is 10.7. The molecule has 2 rings (SSSR count). The van der Waals surface area contributed by atoms with Crippen LogP contribution in [0.15, 0.2) is 22.7 Å². The zero-order valence-corrected chi connectivity index (χ0v) is 10.4. The molecule has 0 unspecified atom stereocenters. The second-order valence-electron chi connectivity index (χ2n) is 2.88. The Kier molecular flexibility index (Phi) is 3.56. The van der Waals surface area contributed by atoms with Gasteiger partial charge in [0.25, 0.3) is 0 Å². The highest BCUT2D eigenvalue weighted by Crippen LogP contribution is 2.24. The molecule has 0 spiro atoms. The number of hydrogen-bond acceptors (Lipinski definition) is 5. The van der Waals surface area contributed by atoms with Gasteiger partial charge in [-0.3, -0.25) is 0 Å². The molecule has 0 fully saturated rings. The molecule has 6 heteroatoms. The van der Waals surface area contributed by atoms with Gasteiger partial charge in [0.1, 0.15) is 11.0 Å². The van der Waals surface area contributed by atoms with E-state index in [1.807, 2.05) is 19.1 Å². The van der Waals surface area contributed by atoms with Crippen LogP contribution in [0.3, 0.4) is 0 Å². The van der Waals surface area contributed by atoms with Crippen molar-refractivity contribution in [3.05, 3.63) is 34.9 Å². The van der Waals surface area contributed by atoms with Gasteiger partial charge in [-0.05, 0) is 36.2 Å². The number of pyridine rings is 1. The lowest BCUT2D eigenvalue weighted by Crippen LogP contribution is -1.82. The van der Waals surface area contributed by atoms with E-state index in [2.05, 4.69) is 14.3 Å². The molecule has 2 heterocycles. The largest absolute Gasteiger partial charge is 0.245 e. The highest BCUT2D eigenvalue weighted by atomic mass is 35.5. The van der Waals surface area contributed by atoms with Gasteiger partial charge in [0.2, 0.25) is 0 Å². The first-order valence-electron chi connectivity index (χ1n) is 4.27. The predicted octanol–water partition coefficient (Wildman–Crippen LogP) is 3.19. The summed E-state index contributed by atoms with van der Waals surface area (Å²) in [6.07, 6.45) is 1.71. The van der Waals surface area contributed by atoms with Crippen LogP contribution in [0.2, 0.25) is 5.15 Å². The molecule has 0 atom stereocenters. The van der Waals surface area contributed by atoms with E-state index in [0.717, 1.165) is 21.5 Å². The molecule has 0 bridgehead atoms. The minimum Gasteiger partial charge on any atom is -0.245 e. The Hall–Kier alpha value is -0.650. The molecule has 78 valence electrons. The molecule has 0 saturated carbocycles. The first-order chi connectivity index (χ1) is 7.24. The number of rotatable bonds is 3. The van der Waals surface area contributed by atoms with Crippen molar-refractivity contribution in [1.29, 1.82) is 0 Å². The minimum atomic E-state index is 0.529. The normalized spacial score (nSPS) is 10.5. The number of nitrogens with zero attached hydrogens (tertiary/aromatic N) is 3. The second kappa shape index (κ2) is 4.92. The van der Waals surface area contributed by atoms with E-state index in [0.29, 0.717) is 5.15 Å². The molecule has 3 nitrogen and oxygen atoms in total. The Balaban J connectivity index is 1.99.